The molecule has 1 aliphatic heterocycles. The molecular formula is C11H18N2O3. The lowest BCUT2D eigenvalue weighted by molar-refractivity contribution is -0.143. The van der Waals surface area contributed by atoms with Crippen molar-refractivity contribution in [3.63, 3.8) is 0 Å². The highest BCUT2D eigenvalue weighted by Gasteiger charge is 2.35. The highest BCUT2D eigenvalue weighted by atomic mass is 16.4. The van der Waals surface area contributed by atoms with Crippen LogP contribution in [-0.4, -0.2) is 59.0 Å². The van der Waals surface area contributed by atoms with Crippen LogP contribution in [0.25, 0.3) is 0 Å². The highest BCUT2D eigenvalue weighted by molar-refractivity contribution is 5.80. The maximum Gasteiger partial charge on any atom is 0.320 e. The number of carbonyl (C=O) groups excluding carboxylic acids is 1. The second kappa shape index (κ2) is 4.41. The Hall–Kier alpha value is -1.10. The van der Waals surface area contributed by atoms with Gasteiger partial charge in [0.25, 0.3) is 0 Å². The Kier molecular flexibility index (Phi) is 3.14. The molecule has 1 N–H and O–H groups in total. The summed E-state index contributed by atoms with van der Waals surface area (Å²) in [6.07, 6.45) is 3.71. The van der Waals surface area contributed by atoms with Crippen LogP contribution < -0.4 is 0 Å². The molecule has 2 aliphatic rings. The second-order valence-corrected chi connectivity index (χ2v) is 4.70. The number of hydrogen-bond donors (Lipinski definition) is 1. The van der Waals surface area contributed by atoms with Crippen LogP contribution in [0.1, 0.15) is 25.7 Å². The average Bonchev–Trinajstić information content (AvgIpc) is 2.97. The van der Waals surface area contributed by atoms with E-state index >= 15 is 0 Å². The van der Waals surface area contributed by atoms with Gasteiger partial charge < -0.3 is 10.0 Å². The number of likely N-dealkylation sites (N-methyl/N-ethyl adjacent to an activating group) is 1. The number of rotatable bonds is 4. The number of hydrogen-bond acceptors (Lipinski definition) is 3. The predicted octanol–water partition coefficient (Wildman–Crippen LogP) is 0.156. The minimum absolute atomic E-state index is 0.0515. The first-order valence-electron chi connectivity index (χ1n) is 5.82. The van der Waals surface area contributed by atoms with Crippen molar-refractivity contribution in [2.24, 2.45) is 0 Å². The lowest BCUT2D eigenvalue weighted by Crippen LogP contribution is -2.44. The van der Waals surface area contributed by atoms with Crippen LogP contribution in [0.5, 0.6) is 0 Å². The maximum absolute atomic E-state index is 11.8. The van der Waals surface area contributed by atoms with Crippen LogP contribution in [0.3, 0.4) is 0 Å². The predicted molar refractivity (Wildman–Crippen MR) is 58.0 cm³/mol. The summed E-state index contributed by atoms with van der Waals surface area (Å²) in [4.78, 5) is 26.3. The molecule has 90 valence electrons. The van der Waals surface area contributed by atoms with Gasteiger partial charge in [-0.15, -0.1) is 0 Å². The summed E-state index contributed by atoms with van der Waals surface area (Å²) in [6, 6.07) is -0.0602. The van der Waals surface area contributed by atoms with E-state index < -0.39 is 12.0 Å². The number of carboxylic acid groups (broad SMARTS) is 1. The van der Waals surface area contributed by atoms with Crippen molar-refractivity contribution in [3.05, 3.63) is 0 Å². The molecule has 1 saturated carbocycles. The lowest BCUT2D eigenvalue weighted by Gasteiger charge is -2.24. The standard InChI is InChI=1S/C11H18N2O3/c1-12(8-4-5-8)10(14)7-13-6-2-3-9(13)11(15)16/h8-9H,2-7H2,1H3,(H,15,16)/t9-/m0/s1. The molecule has 0 spiro atoms. The summed E-state index contributed by atoms with van der Waals surface area (Å²) in [5, 5.41) is 8.99. The lowest BCUT2D eigenvalue weighted by atomic mass is 10.2. The first kappa shape index (κ1) is 11.4. The molecule has 16 heavy (non-hydrogen) atoms. The van der Waals surface area contributed by atoms with Gasteiger partial charge in [-0.25, -0.2) is 0 Å². The van der Waals surface area contributed by atoms with Gasteiger partial charge in [0.05, 0.1) is 6.54 Å². The monoisotopic (exact) mass is 226 g/mol. The van der Waals surface area contributed by atoms with Gasteiger partial charge in [-0.05, 0) is 32.2 Å². The van der Waals surface area contributed by atoms with Gasteiger partial charge >= 0.3 is 5.97 Å². The normalized spacial score (nSPS) is 25.7. The molecule has 1 saturated heterocycles. The first-order valence-corrected chi connectivity index (χ1v) is 5.82. The number of carboxylic acids is 1. The third-order valence-electron chi connectivity index (χ3n) is 3.48. The third kappa shape index (κ3) is 2.35. The second-order valence-electron chi connectivity index (χ2n) is 4.70. The van der Waals surface area contributed by atoms with Gasteiger partial charge in [0, 0.05) is 13.1 Å². The van der Waals surface area contributed by atoms with Crippen molar-refractivity contribution in [1.29, 1.82) is 0 Å². The van der Waals surface area contributed by atoms with Crippen LogP contribution >= 0.6 is 0 Å². The number of aliphatic carboxylic acids is 1. The zero-order valence-electron chi connectivity index (χ0n) is 9.56. The molecule has 5 nitrogen and oxygen atoms in total. The molecule has 0 radical (unpaired) electrons. The van der Waals surface area contributed by atoms with Gasteiger partial charge in [0.15, 0.2) is 0 Å². The zero-order chi connectivity index (χ0) is 11.7. The molecular weight excluding hydrogens is 208 g/mol. The smallest absolute Gasteiger partial charge is 0.320 e. The van der Waals surface area contributed by atoms with E-state index in [-0.39, 0.29) is 12.5 Å². The van der Waals surface area contributed by atoms with Crippen molar-refractivity contribution in [1.82, 2.24) is 9.80 Å². The number of likely N-dealkylation sites (tertiary alicyclic amines) is 1. The minimum atomic E-state index is -0.806. The third-order valence-corrected chi connectivity index (χ3v) is 3.48. The Labute approximate surface area is 95.0 Å². The molecule has 0 aromatic carbocycles. The molecule has 1 aliphatic carbocycles. The largest absolute Gasteiger partial charge is 0.480 e. The van der Waals surface area contributed by atoms with E-state index in [0.717, 1.165) is 25.8 Å². The van der Waals surface area contributed by atoms with E-state index in [2.05, 4.69) is 0 Å². The van der Waals surface area contributed by atoms with Gasteiger partial charge in [-0.2, -0.15) is 0 Å². The molecule has 0 aromatic rings. The van der Waals surface area contributed by atoms with Crippen molar-refractivity contribution in [2.45, 2.75) is 37.8 Å². The molecule has 2 rings (SSSR count). The number of amides is 1. The highest BCUT2D eigenvalue weighted by Crippen LogP contribution is 2.26. The summed E-state index contributed by atoms with van der Waals surface area (Å²) >= 11 is 0. The summed E-state index contributed by atoms with van der Waals surface area (Å²) in [5.74, 6) is -0.755. The van der Waals surface area contributed by atoms with E-state index in [1.807, 2.05) is 7.05 Å². The topological polar surface area (TPSA) is 60.9 Å². The van der Waals surface area contributed by atoms with Crippen LogP contribution in [-0.2, 0) is 9.59 Å². The molecule has 5 heteroatoms. The minimum Gasteiger partial charge on any atom is -0.480 e. The van der Waals surface area contributed by atoms with E-state index in [1.54, 1.807) is 9.80 Å². The van der Waals surface area contributed by atoms with Crippen LogP contribution in [0.15, 0.2) is 0 Å². The quantitative estimate of drug-likeness (QED) is 0.741. The first-order chi connectivity index (χ1) is 7.59. The average molecular weight is 226 g/mol. The summed E-state index contributed by atoms with van der Waals surface area (Å²) in [7, 11) is 1.81. The molecule has 0 bridgehead atoms. The van der Waals surface area contributed by atoms with Crippen molar-refractivity contribution < 1.29 is 14.7 Å². The Bertz CT molecular complexity index is 302. The van der Waals surface area contributed by atoms with E-state index in [9.17, 15) is 9.59 Å². The molecule has 1 amide bonds. The fraction of sp³-hybridized carbons (Fsp3) is 0.818. The van der Waals surface area contributed by atoms with Crippen molar-refractivity contribution in [3.8, 4) is 0 Å². The van der Waals surface area contributed by atoms with Gasteiger partial charge in [-0.1, -0.05) is 0 Å². The fourth-order valence-corrected chi connectivity index (χ4v) is 2.25. The van der Waals surface area contributed by atoms with E-state index in [0.29, 0.717) is 12.5 Å². The Morgan fingerprint density at radius 1 is 1.38 bits per heavy atom. The zero-order valence-corrected chi connectivity index (χ0v) is 9.56. The molecule has 1 heterocycles. The Balaban J connectivity index is 1.88. The van der Waals surface area contributed by atoms with Gasteiger partial charge in [0.1, 0.15) is 6.04 Å². The van der Waals surface area contributed by atoms with Crippen LogP contribution in [0.4, 0.5) is 0 Å². The Morgan fingerprint density at radius 2 is 2.06 bits per heavy atom. The SMILES string of the molecule is CN(C(=O)CN1CCC[C@H]1C(=O)O)C1CC1. The maximum atomic E-state index is 11.8. The molecule has 2 fully saturated rings. The fourth-order valence-electron chi connectivity index (χ4n) is 2.25. The van der Waals surface area contributed by atoms with Gasteiger partial charge in [0.2, 0.25) is 5.91 Å². The molecule has 0 unspecified atom stereocenters. The molecule has 1 atom stereocenters. The van der Waals surface area contributed by atoms with Crippen molar-refractivity contribution >= 4 is 11.9 Å². The van der Waals surface area contributed by atoms with E-state index in [4.69, 9.17) is 5.11 Å². The number of nitrogens with zero attached hydrogens (tertiary/aromatic N) is 2. The molecule has 0 aromatic heterocycles. The summed E-state index contributed by atoms with van der Waals surface area (Å²) < 4.78 is 0. The van der Waals surface area contributed by atoms with Gasteiger partial charge in [-0.3, -0.25) is 14.5 Å². The van der Waals surface area contributed by atoms with Crippen LogP contribution in [0.2, 0.25) is 0 Å². The number of carbonyl (C=O) groups is 2. The van der Waals surface area contributed by atoms with E-state index in [1.165, 1.54) is 0 Å². The summed E-state index contributed by atoms with van der Waals surface area (Å²) in [5.41, 5.74) is 0. The van der Waals surface area contributed by atoms with Crippen LogP contribution in [0, 0.1) is 0 Å². The van der Waals surface area contributed by atoms with Crippen molar-refractivity contribution in [2.75, 3.05) is 20.1 Å². The Morgan fingerprint density at radius 3 is 2.62 bits per heavy atom. The summed E-state index contributed by atoms with van der Waals surface area (Å²) in [6.45, 7) is 0.977.